The summed E-state index contributed by atoms with van der Waals surface area (Å²) in [5.41, 5.74) is -1.67. The molecule has 0 bridgehead atoms. The fraction of sp³-hybridized carbons (Fsp3) is 0.222. The second-order valence-corrected chi connectivity index (χ2v) is 2.79. The molecule has 0 saturated carbocycles. The highest BCUT2D eigenvalue weighted by Gasteiger charge is 2.22. The molecule has 0 unspecified atom stereocenters. The third kappa shape index (κ3) is 2.07. The molecule has 0 radical (unpaired) electrons. The summed E-state index contributed by atoms with van der Waals surface area (Å²) in [4.78, 5) is 14.1. The molecule has 0 fully saturated rings. The predicted octanol–water partition coefficient (Wildman–Crippen LogP) is 1.90. The maximum Gasteiger partial charge on any atom is 0.337 e. The Morgan fingerprint density at radius 2 is 2.27 bits per heavy atom. The van der Waals surface area contributed by atoms with Crippen LogP contribution in [0.25, 0.3) is 0 Å². The third-order valence-corrected chi connectivity index (χ3v) is 1.72. The Balaban J connectivity index is 3.54. The minimum Gasteiger partial charge on any atom is -0.478 e. The van der Waals surface area contributed by atoms with Gasteiger partial charge in [-0.1, -0.05) is 0 Å². The van der Waals surface area contributed by atoms with Crippen LogP contribution in [0.3, 0.4) is 0 Å². The number of hydrogen-bond donors (Lipinski definition) is 1. The van der Waals surface area contributed by atoms with Gasteiger partial charge in [0.15, 0.2) is 0 Å². The van der Waals surface area contributed by atoms with Crippen LogP contribution in [0, 0.1) is 18.3 Å². The zero-order chi connectivity index (χ0) is 11.6. The number of rotatable bonds is 2. The number of halogens is 2. The standard InChI is InChI=1S/C9H6F2N2O2/c1-4-2-5(9(14)15)6(3-12)7(13-4)8(10)11/h2,8H,1H3,(H,14,15). The van der Waals surface area contributed by atoms with Crippen LogP contribution in [-0.2, 0) is 0 Å². The molecule has 0 aliphatic heterocycles. The van der Waals surface area contributed by atoms with Gasteiger partial charge < -0.3 is 5.11 Å². The summed E-state index contributed by atoms with van der Waals surface area (Å²) in [6.07, 6.45) is -2.96. The Labute approximate surface area is 83.8 Å². The van der Waals surface area contributed by atoms with Crippen LogP contribution in [0.2, 0.25) is 0 Å². The second-order valence-electron chi connectivity index (χ2n) is 2.79. The molecule has 6 heteroatoms. The van der Waals surface area contributed by atoms with E-state index >= 15 is 0 Å². The molecule has 1 heterocycles. The summed E-state index contributed by atoms with van der Waals surface area (Å²) in [6.45, 7) is 1.39. The topological polar surface area (TPSA) is 74.0 Å². The van der Waals surface area contributed by atoms with Gasteiger partial charge in [-0.2, -0.15) is 5.26 Å². The molecule has 0 aliphatic carbocycles. The van der Waals surface area contributed by atoms with Crippen LogP contribution in [0.5, 0.6) is 0 Å². The van der Waals surface area contributed by atoms with Gasteiger partial charge in [-0.15, -0.1) is 0 Å². The van der Waals surface area contributed by atoms with E-state index < -0.39 is 29.2 Å². The molecule has 78 valence electrons. The molecule has 0 spiro atoms. The van der Waals surface area contributed by atoms with E-state index in [-0.39, 0.29) is 5.69 Å². The Morgan fingerprint density at radius 3 is 2.67 bits per heavy atom. The summed E-state index contributed by atoms with van der Waals surface area (Å²) >= 11 is 0. The number of carboxylic acids is 1. The number of pyridine rings is 1. The predicted molar refractivity (Wildman–Crippen MR) is 45.6 cm³/mol. The third-order valence-electron chi connectivity index (χ3n) is 1.72. The lowest BCUT2D eigenvalue weighted by atomic mass is 10.1. The maximum absolute atomic E-state index is 12.4. The number of aryl methyl sites for hydroxylation is 1. The maximum atomic E-state index is 12.4. The number of nitriles is 1. The van der Waals surface area contributed by atoms with Crippen molar-refractivity contribution >= 4 is 5.97 Å². The van der Waals surface area contributed by atoms with Gasteiger partial charge in [0.25, 0.3) is 6.43 Å². The highest BCUT2D eigenvalue weighted by molar-refractivity contribution is 5.91. The molecule has 15 heavy (non-hydrogen) atoms. The summed E-state index contributed by atoms with van der Waals surface area (Å²) in [5.74, 6) is -1.42. The average Bonchev–Trinajstić information content (AvgIpc) is 2.16. The van der Waals surface area contributed by atoms with Crippen molar-refractivity contribution < 1.29 is 18.7 Å². The summed E-state index contributed by atoms with van der Waals surface area (Å²) in [5, 5.41) is 17.3. The first kappa shape index (κ1) is 11.0. The summed E-state index contributed by atoms with van der Waals surface area (Å²) in [6, 6.07) is 2.52. The van der Waals surface area contributed by atoms with E-state index in [0.717, 1.165) is 6.07 Å². The van der Waals surface area contributed by atoms with Gasteiger partial charge >= 0.3 is 5.97 Å². The van der Waals surface area contributed by atoms with E-state index in [1.165, 1.54) is 13.0 Å². The smallest absolute Gasteiger partial charge is 0.337 e. The van der Waals surface area contributed by atoms with Crippen molar-refractivity contribution in [2.24, 2.45) is 0 Å². The number of alkyl halides is 2. The molecular weight excluding hydrogens is 206 g/mol. The van der Waals surface area contributed by atoms with Crippen LogP contribution in [-0.4, -0.2) is 16.1 Å². The van der Waals surface area contributed by atoms with Gasteiger partial charge in [0.1, 0.15) is 11.8 Å². The van der Waals surface area contributed by atoms with Crippen molar-refractivity contribution in [3.8, 4) is 6.07 Å². The Bertz CT molecular complexity index is 452. The van der Waals surface area contributed by atoms with Gasteiger partial charge in [0.05, 0.1) is 11.1 Å². The molecule has 0 atom stereocenters. The average molecular weight is 212 g/mol. The van der Waals surface area contributed by atoms with Crippen molar-refractivity contribution in [3.05, 3.63) is 28.6 Å². The monoisotopic (exact) mass is 212 g/mol. The van der Waals surface area contributed by atoms with Crippen molar-refractivity contribution in [3.63, 3.8) is 0 Å². The van der Waals surface area contributed by atoms with Crippen molar-refractivity contribution in [2.45, 2.75) is 13.3 Å². The van der Waals surface area contributed by atoms with Crippen LogP contribution in [0.1, 0.15) is 33.7 Å². The largest absolute Gasteiger partial charge is 0.478 e. The lowest BCUT2D eigenvalue weighted by Gasteiger charge is -2.06. The van der Waals surface area contributed by atoms with Gasteiger partial charge in [0, 0.05) is 5.69 Å². The molecule has 0 saturated heterocycles. The molecule has 0 amide bonds. The number of hydrogen-bond acceptors (Lipinski definition) is 3. The van der Waals surface area contributed by atoms with E-state index in [1.807, 2.05) is 0 Å². The minimum atomic E-state index is -2.96. The van der Waals surface area contributed by atoms with Crippen molar-refractivity contribution in [2.75, 3.05) is 0 Å². The molecule has 4 nitrogen and oxygen atoms in total. The number of carbonyl (C=O) groups is 1. The van der Waals surface area contributed by atoms with Gasteiger partial charge in [-0.3, -0.25) is 4.98 Å². The number of nitrogens with zero attached hydrogens (tertiary/aromatic N) is 2. The first-order valence-corrected chi connectivity index (χ1v) is 3.90. The fourth-order valence-corrected chi connectivity index (χ4v) is 1.14. The zero-order valence-corrected chi connectivity index (χ0v) is 7.66. The van der Waals surface area contributed by atoms with E-state index in [0.29, 0.717) is 0 Å². The zero-order valence-electron chi connectivity index (χ0n) is 7.66. The van der Waals surface area contributed by atoms with Crippen LogP contribution >= 0.6 is 0 Å². The normalized spacial score (nSPS) is 10.1. The minimum absolute atomic E-state index is 0.140. The van der Waals surface area contributed by atoms with E-state index in [9.17, 15) is 13.6 Å². The molecule has 1 aromatic rings. The van der Waals surface area contributed by atoms with Gasteiger partial charge in [0.2, 0.25) is 0 Å². The van der Waals surface area contributed by atoms with Crippen LogP contribution in [0.15, 0.2) is 6.07 Å². The first-order chi connectivity index (χ1) is 6.97. The van der Waals surface area contributed by atoms with E-state index in [1.54, 1.807) is 0 Å². The van der Waals surface area contributed by atoms with Crippen LogP contribution in [0.4, 0.5) is 8.78 Å². The summed E-state index contributed by atoms with van der Waals surface area (Å²) < 4.78 is 24.9. The molecule has 1 rings (SSSR count). The lowest BCUT2D eigenvalue weighted by molar-refractivity contribution is 0.0695. The highest BCUT2D eigenvalue weighted by Crippen LogP contribution is 2.23. The van der Waals surface area contributed by atoms with E-state index in [4.69, 9.17) is 10.4 Å². The van der Waals surface area contributed by atoms with Crippen molar-refractivity contribution in [1.82, 2.24) is 4.98 Å². The molecule has 1 aromatic heterocycles. The Morgan fingerprint density at radius 1 is 1.67 bits per heavy atom. The molecule has 0 aromatic carbocycles. The lowest BCUT2D eigenvalue weighted by Crippen LogP contribution is -2.07. The van der Waals surface area contributed by atoms with Crippen molar-refractivity contribution in [1.29, 1.82) is 5.26 Å². The van der Waals surface area contributed by atoms with Crippen LogP contribution < -0.4 is 0 Å². The first-order valence-electron chi connectivity index (χ1n) is 3.90. The Hall–Kier alpha value is -2.03. The second kappa shape index (κ2) is 4.00. The molecular formula is C9H6F2N2O2. The number of aromatic nitrogens is 1. The van der Waals surface area contributed by atoms with E-state index in [2.05, 4.69) is 4.98 Å². The number of carboxylic acid groups (broad SMARTS) is 1. The Kier molecular flexibility index (Phi) is 2.95. The van der Waals surface area contributed by atoms with Gasteiger partial charge in [-0.05, 0) is 13.0 Å². The van der Waals surface area contributed by atoms with Gasteiger partial charge in [-0.25, -0.2) is 13.6 Å². The molecule has 0 aliphatic rings. The molecule has 1 N–H and O–H groups in total. The fourth-order valence-electron chi connectivity index (χ4n) is 1.14. The SMILES string of the molecule is Cc1cc(C(=O)O)c(C#N)c(C(F)F)n1. The highest BCUT2D eigenvalue weighted by atomic mass is 19.3. The quantitative estimate of drug-likeness (QED) is 0.812. The number of aromatic carboxylic acids is 1. The summed E-state index contributed by atoms with van der Waals surface area (Å²) in [7, 11) is 0.